The number of benzene rings is 1. The molecule has 0 amide bonds. The van der Waals surface area contributed by atoms with Crippen LogP contribution in [0.1, 0.15) is 50.0 Å². The maximum absolute atomic E-state index is 3.91. The number of likely N-dealkylation sites (tertiary alicyclic amines) is 1. The molecule has 1 aromatic carbocycles. The zero-order valence-corrected chi connectivity index (χ0v) is 14.2. The van der Waals surface area contributed by atoms with Gasteiger partial charge >= 0.3 is 0 Å². The Labute approximate surface area is 136 Å². The van der Waals surface area contributed by atoms with Crippen molar-refractivity contribution >= 4 is 15.9 Å². The number of hydrogen-bond donors (Lipinski definition) is 1. The predicted octanol–water partition coefficient (Wildman–Crippen LogP) is 3.91. The molecular formula is C18H25BrN2. The number of rotatable bonds is 4. The van der Waals surface area contributed by atoms with Gasteiger partial charge in [-0.25, -0.2) is 0 Å². The third kappa shape index (κ3) is 3.35. The van der Waals surface area contributed by atoms with Crippen LogP contribution in [0.25, 0.3) is 0 Å². The monoisotopic (exact) mass is 348 g/mol. The molecule has 2 nitrogen and oxygen atoms in total. The van der Waals surface area contributed by atoms with Crippen molar-refractivity contribution in [3.05, 3.63) is 34.3 Å². The molecule has 0 unspecified atom stereocenters. The molecule has 1 heterocycles. The van der Waals surface area contributed by atoms with Gasteiger partial charge in [-0.3, -0.25) is 0 Å². The average molecular weight is 349 g/mol. The van der Waals surface area contributed by atoms with Crippen molar-refractivity contribution in [1.82, 2.24) is 10.2 Å². The molecule has 2 saturated carbocycles. The maximum Gasteiger partial charge on any atom is 0.0178 e. The Balaban J connectivity index is 1.22. The fourth-order valence-electron chi connectivity index (χ4n) is 3.99. The average Bonchev–Trinajstić information content (AvgIpc) is 3.27. The van der Waals surface area contributed by atoms with E-state index in [4.69, 9.17) is 0 Å². The van der Waals surface area contributed by atoms with Crippen molar-refractivity contribution < 1.29 is 0 Å². The van der Waals surface area contributed by atoms with Crippen LogP contribution in [-0.4, -0.2) is 36.1 Å². The SMILES string of the molecule is Brc1cccc(C2CC(NC3CCN(C4CC4)CC3)C2)c1. The lowest BCUT2D eigenvalue weighted by Gasteiger charge is -2.41. The van der Waals surface area contributed by atoms with Crippen LogP contribution < -0.4 is 5.32 Å². The van der Waals surface area contributed by atoms with E-state index in [1.165, 1.54) is 61.7 Å². The molecule has 3 heteroatoms. The van der Waals surface area contributed by atoms with Gasteiger partial charge in [-0.05, 0) is 75.2 Å². The van der Waals surface area contributed by atoms with Gasteiger partial charge in [0.1, 0.15) is 0 Å². The Morgan fingerprint density at radius 2 is 1.76 bits per heavy atom. The number of nitrogens with zero attached hydrogens (tertiary/aromatic N) is 1. The minimum absolute atomic E-state index is 0.756. The summed E-state index contributed by atoms with van der Waals surface area (Å²) in [6.45, 7) is 2.65. The van der Waals surface area contributed by atoms with Gasteiger partial charge in [0.25, 0.3) is 0 Å². The zero-order valence-electron chi connectivity index (χ0n) is 12.6. The highest BCUT2D eigenvalue weighted by atomic mass is 79.9. The first-order valence-electron chi connectivity index (χ1n) is 8.53. The van der Waals surface area contributed by atoms with Gasteiger partial charge in [-0.15, -0.1) is 0 Å². The Kier molecular flexibility index (Phi) is 4.08. The molecule has 3 fully saturated rings. The molecular weight excluding hydrogens is 324 g/mol. The molecule has 0 aromatic heterocycles. The molecule has 0 spiro atoms. The van der Waals surface area contributed by atoms with Crippen LogP contribution in [0.15, 0.2) is 28.7 Å². The summed E-state index contributed by atoms with van der Waals surface area (Å²) in [5.41, 5.74) is 1.51. The standard InChI is InChI=1S/C18H25BrN2/c19-15-3-1-2-13(10-15)14-11-17(12-14)20-16-6-8-21(9-7-16)18-4-5-18/h1-3,10,14,16-18,20H,4-9,11-12H2. The Bertz CT molecular complexity index is 486. The summed E-state index contributed by atoms with van der Waals surface area (Å²) in [4.78, 5) is 2.71. The van der Waals surface area contributed by atoms with Crippen molar-refractivity contribution in [3.8, 4) is 0 Å². The van der Waals surface area contributed by atoms with Crippen LogP contribution in [0.2, 0.25) is 0 Å². The van der Waals surface area contributed by atoms with E-state index in [0.29, 0.717) is 0 Å². The molecule has 0 radical (unpaired) electrons. The second-order valence-corrected chi connectivity index (χ2v) is 8.04. The minimum atomic E-state index is 0.756. The van der Waals surface area contributed by atoms with E-state index in [-0.39, 0.29) is 0 Å². The van der Waals surface area contributed by atoms with E-state index in [2.05, 4.69) is 50.4 Å². The van der Waals surface area contributed by atoms with Gasteiger partial charge in [0.2, 0.25) is 0 Å². The summed E-state index contributed by atoms with van der Waals surface area (Å²) in [5, 5.41) is 3.91. The highest BCUT2D eigenvalue weighted by molar-refractivity contribution is 9.10. The molecule has 4 rings (SSSR count). The minimum Gasteiger partial charge on any atom is -0.311 e. The number of nitrogens with one attached hydrogen (secondary N) is 1. The molecule has 114 valence electrons. The molecule has 1 aliphatic heterocycles. The van der Waals surface area contributed by atoms with Crippen molar-refractivity contribution in [1.29, 1.82) is 0 Å². The van der Waals surface area contributed by atoms with E-state index in [0.717, 1.165) is 24.0 Å². The van der Waals surface area contributed by atoms with Crippen LogP contribution in [-0.2, 0) is 0 Å². The van der Waals surface area contributed by atoms with Crippen LogP contribution >= 0.6 is 15.9 Å². The molecule has 3 aliphatic rings. The van der Waals surface area contributed by atoms with Crippen LogP contribution in [0, 0.1) is 0 Å². The molecule has 1 N–H and O–H groups in total. The lowest BCUT2D eigenvalue weighted by Crippen LogP contribution is -2.50. The van der Waals surface area contributed by atoms with Crippen molar-refractivity contribution in [2.75, 3.05) is 13.1 Å². The Morgan fingerprint density at radius 1 is 1.00 bits per heavy atom. The molecule has 1 aromatic rings. The summed E-state index contributed by atoms with van der Waals surface area (Å²) >= 11 is 3.58. The Morgan fingerprint density at radius 3 is 2.43 bits per heavy atom. The summed E-state index contributed by atoms with van der Waals surface area (Å²) in [7, 11) is 0. The van der Waals surface area contributed by atoms with Gasteiger partial charge in [0.05, 0.1) is 0 Å². The van der Waals surface area contributed by atoms with E-state index >= 15 is 0 Å². The summed E-state index contributed by atoms with van der Waals surface area (Å²) < 4.78 is 1.21. The van der Waals surface area contributed by atoms with Crippen LogP contribution in [0.4, 0.5) is 0 Å². The highest BCUT2D eigenvalue weighted by Gasteiger charge is 2.35. The van der Waals surface area contributed by atoms with Gasteiger partial charge in [-0.1, -0.05) is 28.1 Å². The van der Waals surface area contributed by atoms with E-state index < -0.39 is 0 Å². The zero-order chi connectivity index (χ0) is 14.2. The van der Waals surface area contributed by atoms with Crippen LogP contribution in [0.5, 0.6) is 0 Å². The number of piperidine rings is 1. The second-order valence-electron chi connectivity index (χ2n) is 7.13. The topological polar surface area (TPSA) is 15.3 Å². The smallest absolute Gasteiger partial charge is 0.0178 e. The van der Waals surface area contributed by atoms with Gasteiger partial charge < -0.3 is 10.2 Å². The molecule has 0 bridgehead atoms. The van der Waals surface area contributed by atoms with E-state index in [9.17, 15) is 0 Å². The van der Waals surface area contributed by atoms with Crippen molar-refractivity contribution in [3.63, 3.8) is 0 Å². The fraction of sp³-hybridized carbons (Fsp3) is 0.667. The second kappa shape index (κ2) is 6.02. The first-order valence-corrected chi connectivity index (χ1v) is 9.33. The molecule has 0 atom stereocenters. The maximum atomic E-state index is 3.91. The quantitative estimate of drug-likeness (QED) is 0.887. The fourth-order valence-corrected chi connectivity index (χ4v) is 4.41. The van der Waals surface area contributed by atoms with Crippen molar-refractivity contribution in [2.24, 2.45) is 0 Å². The van der Waals surface area contributed by atoms with Gasteiger partial charge in [0, 0.05) is 22.6 Å². The van der Waals surface area contributed by atoms with E-state index in [1.807, 2.05) is 0 Å². The first-order chi connectivity index (χ1) is 10.3. The molecule has 21 heavy (non-hydrogen) atoms. The summed E-state index contributed by atoms with van der Waals surface area (Å²) in [5.74, 6) is 0.770. The number of hydrogen-bond acceptors (Lipinski definition) is 2. The first kappa shape index (κ1) is 14.2. The van der Waals surface area contributed by atoms with E-state index in [1.54, 1.807) is 0 Å². The van der Waals surface area contributed by atoms with Crippen molar-refractivity contribution in [2.45, 2.75) is 62.6 Å². The summed E-state index contributed by atoms with van der Waals surface area (Å²) in [6.07, 6.45) is 8.26. The Hall–Kier alpha value is -0.380. The summed E-state index contributed by atoms with van der Waals surface area (Å²) in [6, 6.07) is 11.3. The van der Waals surface area contributed by atoms with Gasteiger partial charge in [-0.2, -0.15) is 0 Å². The lowest BCUT2D eigenvalue weighted by atomic mass is 9.75. The third-order valence-corrected chi connectivity index (χ3v) is 6.02. The number of halogens is 1. The molecule has 2 aliphatic carbocycles. The largest absolute Gasteiger partial charge is 0.311 e. The van der Waals surface area contributed by atoms with Gasteiger partial charge in [0.15, 0.2) is 0 Å². The highest BCUT2D eigenvalue weighted by Crippen LogP contribution is 2.38. The predicted molar refractivity (Wildman–Crippen MR) is 90.7 cm³/mol. The third-order valence-electron chi connectivity index (χ3n) is 5.52. The lowest BCUT2D eigenvalue weighted by molar-refractivity contribution is 0.165. The van der Waals surface area contributed by atoms with Crippen LogP contribution in [0.3, 0.4) is 0 Å². The molecule has 1 saturated heterocycles. The normalized spacial score (nSPS) is 31.1.